The minimum Gasteiger partial charge on any atom is -0.416 e. The van der Waals surface area contributed by atoms with E-state index >= 15 is 0 Å². The van der Waals surface area contributed by atoms with Crippen molar-refractivity contribution in [2.45, 2.75) is 6.92 Å². The summed E-state index contributed by atoms with van der Waals surface area (Å²) in [6, 6.07) is 3.72. The Morgan fingerprint density at radius 2 is 1.78 bits per heavy atom. The first-order valence-electron chi connectivity index (χ1n) is 6.75. The van der Waals surface area contributed by atoms with Crippen LogP contribution in [0.15, 0.2) is 24.4 Å². The van der Waals surface area contributed by atoms with E-state index in [4.69, 9.17) is 0 Å². The molecule has 23 heavy (non-hydrogen) atoms. The van der Waals surface area contributed by atoms with Crippen LogP contribution in [-0.4, -0.2) is 32.1 Å². The summed E-state index contributed by atoms with van der Waals surface area (Å²) in [5, 5.41) is 0. The molecule has 0 fully saturated rings. The van der Waals surface area contributed by atoms with E-state index in [9.17, 15) is 18.0 Å². The van der Waals surface area contributed by atoms with Crippen molar-refractivity contribution in [2.24, 2.45) is 0 Å². The number of nitrogens with zero attached hydrogens (tertiary/aromatic N) is 2. The molecule has 0 aliphatic carbocycles. The minimum absolute atomic E-state index is 0.00270. The van der Waals surface area contributed by atoms with Crippen molar-refractivity contribution < 1.29 is 22.7 Å². The van der Waals surface area contributed by atoms with Gasteiger partial charge in [0.05, 0.1) is 26.7 Å². The molecule has 0 amide bonds. The molecule has 4 nitrogen and oxygen atoms in total. The van der Waals surface area contributed by atoms with Crippen LogP contribution in [0.4, 0.5) is 19.0 Å². The van der Waals surface area contributed by atoms with E-state index in [0.29, 0.717) is 16.4 Å². The second kappa shape index (κ2) is 6.00. The summed E-state index contributed by atoms with van der Waals surface area (Å²) in [6.45, 7) is 1.24. The van der Waals surface area contributed by atoms with Crippen LogP contribution in [0.25, 0.3) is 0 Å². The zero-order valence-corrected chi connectivity index (χ0v) is 13.2. The number of quaternary nitrogens is 1. The summed E-state index contributed by atoms with van der Waals surface area (Å²) in [4.78, 5) is 16.1. The molecular weight excluding hydrogens is 309 g/mol. The van der Waals surface area contributed by atoms with Crippen LogP contribution in [-0.2, 0) is 0 Å². The van der Waals surface area contributed by atoms with Gasteiger partial charge in [0.25, 0.3) is 0 Å². The van der Waals surface area contributed by atoms with Gasteiger partial charge in [-0.1, -0.05) is 0 Å². The molecule has 0 bridgehead atoms. The molecule has 0 atom stereocenters. The number of pyridine rings is 1. The molecule has 0 aliphatic rings. The smallest absolute Gasteiger partial charge is 0.345 e. The minimum atomic E-state index is -1.54. The van der Waals surface area contributed by atoms with E-state index in [-0.39, 0.29) is 11.1 Å². The second-order valence-corrected chi connectivity index (χ2v) is 5.94. The Morgan fingerprint density at radius 3 is 2.30 bits per heavy atom. The fraction of sp³-hybridized carbons (Fsp3) is 0.250. The third-order valence-corrected chi connectivity index (χ3v) is 3.16. The van der Waals surface area contributed by atoms with Crippen LogP contribution in [0, 0.1) is 24.4 Å². The third-order valence-electron chi connectivity index (χ3n) is 3.16. The molecule has 0 radical (unpaired) electrons. The zero-order valence-electron chi connectivity index (χ0n) is 13.2. The van der Waals surface area contributed by atoms with Gasteiger partial charge in [-0.05, 0) is 24.6 Å². The van der Waals surface area contributed by atoms with Crippen molar-refractivity contribution in [3.63, 3.8) is 0 Å². The number of benzene rings is 1. The molecule has 0 aliphatic heterocycles. The highest BCUT2D eigenvalue weighted by molar-refractivity contribution is 5.91. The van der Waals surface area contributed by atoms with Crippen molar-refractivity contribution >= 4 is 11.8 Å². The fourth-order valence-electron chi connectivity index (χ4n) is 1.85. The molecule has 0 unspecified atom stereocenters. The highest BCUT2D eigenvalue weighted by Crippen LogP contribution is 2.27. The number of halogens is 3. The summed E-state index contributed by atoms with van der Waals surface area (Å²) >= 11 is 0. The molecule has 0 N–H and O–H groups in total. The van der Waals surface area contributed by atoms with E-state index in [1.54, 1.807) is 6.07 Å². The first-order valence-corrected chi connectivity index (χ1v) is 6.75. The number of aromatic nitrogens is 1. The van der Waals surface area contributed by atoms with Crippen LogP contribution in [0.2, 0.25) is 0 Å². The lowest BCUT2D eigenvalue weighted by Gasteiger charge is -2.21. The van der Waals surface area contributed by atoms with Crippen LogP contribution >= 0.6 is 0 Å². The SMILES string of the molecule is Cc1cc(F)c(F)c(OC(=O)c2ccc([N+](C)(C)C)nc2)c1F. The summed E-state index contributed by atoms with van der Waals surface area (Å²) < 4.78 is 45.9. The average Bonchev–Trinajstić information content (AvgIpc) is 2.48. The van der Waals surface area contributed by atoms with Crippen molar-refractivity contribution in [1.82, 2.24) is 9.47 Å². The maximum atomic E-state index is 13.8. The van der Waals surface area contributed by atoms with Crippen molar-refractivity contribution in [1.29, 1.82) is 0 Å². The molecule has 0 spiro atoms. The third kappa shape index (κ3) is 3.50. The van der Waals surface area contributed by atoms with Crippen molar-refractivity contribution in [3.05, 3.63) is 53.0 Å². The number of hydrogen-bond acceptors (Lipinski definition) is 3. The maximum absolute atomic E-state index is 13.8. The molecule has 1 aromatic carbocycles. The zero-order chi connectivity index (χ0) is 17.4. The maximum Gasteiger partial charge on any atom is 0.345 e. The predicted octanol–water partition coefficient (Wildman–Crippen LogP) is 3.22. The Kier molecular flexibility index (Phi) is 4.42. The average molecular weight is 325 g/mol. The highest BCUT2D eigenvalue weighted by Gasteiger charge is 2.22. The van der Waals surface area contributed by atoms with Gasteiger partial charge >= 0.3 is 5.97 Å². The van der Waals surface area contributed by atoms with E-state index in [2.05, 4.69) is 9.72 Å². The van der Waals surface area contributed by atoms with Crippen molar-refractivity contribution in [2.75, 3.05) is 21.1 Å². The Balaban J connectivity index is 2.30. The molecule has 1 aromatic heterocycles. The fourth-order valence-corrected chi connectivity index (χ4v) is 1.85. The standard InChI is InChI=1S/C16H16F3N2O2/c1-9-7-11(17)14(19)15(13(9)18)23-16(22)10-5-6-12(20-8-10)21(2,3)4/h5-8H,1-4H3/q+1. The quantitative estimate of drug-likeness (QED) is 0.376. The summed E-state index contributed by atoms with van der Waals surface area (Å²) in [7, 11) is 5.67. The number of carbonyl (C=O) groups is 1. The van der Waals surface area contributed by atoms with Gasteiger partial charge in [0.1, 0.15) is 0 Å². The number of ether oxygens (including phenoxy) is 1. The van der Waals surface area contributed by atoms with Crippen LogP contribution < -0.4 is 9.22 Å². The normalized spacial score (nSPS) is 11.4. The van der Waals surface area contributed by atoms with E-state index in [0.717, 1.165) is 0 Å². The molecular formula is C16H16F3N2O2+. The van der Waals surface area contributed by atoms with Crippen LogP contribution in [0.3, 0.4) is 0 Å². The van der Waals surface area contributed by atoms with Gasteiger partial charge in [0.15, 0.2) is 11.6 Å². The van der Waals surface area contributed by atoms with Crippen LogP contribution in [0.5, 0.6) is 5.75 Å². The first kappa shape index (κ1) is 17.0. The molecule has 0 saturated heterocycles. The lowest BCUT2D eigenvalue weighted by Crippen LogP contribution is -2.35. The van der Waals surface area contributed by atoms with Gasteiger partial charge in [0.2, 0.25) is 17.4 Å². The lowest BCUT2D eigenvalue weighted by molar-refractivity contribution is 0.0718. The lowest BCUT2D eigenvalue weighted by atomic mass is 10.2. The Bertz CT molecular complexity index is 727. The Labute approximate surface area is 131 Å². The van der Waals surface area contributed by atoms with Crippen molar-refractivity contribution in [3.8, 4) is 5.75 Å². The summed E-state index contributed by atoms with van der Waals surface area (Å²) in [5.41, 5.74) is -0.159. The van der Waals surface area contributed by atoms with Gasteiger partial charge in [-0.15, -0.1) is 0 Å². The van der Waals surface area contributed by atoms with E-state index in [1.807, 2.05) is 21.1 Å². The highest BCUT2D eigenvalue weighted by atomic mass is 19.2. The van der Waals surface area contributed by atoms with Gasteiger partial charge in [-0.2, -0.15) is 4.39 Å². The van der Waals surface area contributed by atoms with Gasteiger partial charge in [-0.25, -0.2) is 18.6 Å². The molecule has 2 aromatic rings. The topological polar surface area (TPSA) is 39.2 Å². The monoisotopic (exact) mass is 325 g/mol. The van der Waals surface area contributed by atoms with Gasteiger partial charge in [0, 0.05) is 12.3 Å². The van der Waals surface area contributed by atoms with E-state index in [1.165, 1.54) is 19.2 Å². The number of aryl methyl sites for hydroxylation is 1. The number of carbonyl (C=O) groups excluding carboxylic acids is 1. The largest absolute Gasteiger partial charge is 0.416 e. The molecule has 1 heterocycles. The molecule has 122 valence electrons. The molecule has 7 heteroatoms. The second-order valence-electron chi connectivity index (χ2n) is 5.94. The number of hydrogen-bond donors (Lipinski definition) is 0. The summed E-state index contributed by atoms with van der Waals surface area (Å²) in [6.07, 6.45) is 1.24. The van der Waals surface area contributed by atoms with Gasteiger partial charge < -0.3 is 4.74 Å². The Morgan fingerprint density at radius 1 is 1.13 bits per heavy atom. The van der Waals surface area contributed by atoms with Gasteiger partial charge in [-0.3, -0.25) is 4.48 Å². The number of rotatable bonds is 3. The van der Waals surface area contributed by atoms with E-state index < -0.39 is 29.2 Å². The predicted molar refractivity (Wildman–Crippen MR) is 79.8 cm³/mol. The number of esters is 1. The molecule has 0 saturated carbocycles. The van der Waals surface area contributed by atoms with Crippen LogP contribution in [0.1, 0.15) is 15.9 Å². The Hall–Kier alpha value is -2.41. The molecule has 2 rings (SSSR count). The first-order chi connectivity index (χ1) is 10.6. The summed E-state index contributed by atoms with van der Waals surface area (Å²) in [5.74, 6) is -5.34.